The zero-order chi connectivity index (χ0) is 12.7. The van der Waals surface area contributed by atoms with Gasteiger partial charge in [-0.25, -0.2) is 4.98 Å². The molecular weight excluding hydrogens is 244 g/mol. The minimum absolute atomic E-state index is 0.413. The third-order valence-electron chi connectivity index (χ3n) is 4.11. The van der Waals surface area contributed by atoms with Crippen molar-refractivity contribution < 1.29 is 4.79 Å². The van der Waals surface area contributed by atoms with E-state index in [4.69, 9.17) is 4.98 Å². The molecule has 0 aliphatic carbocycles. The molecule has 3 rings (SSSR count). The quantitative estimate of drug-likeness (QED) is 0.821. The second-order valence-corrected chi connectivity index (χ2v) is 6.64. The van der Waals surface area contributed by atoms with Gasteiger partial charge in [0.15, 0.2) is 5.13 Å². The van der Waals surface area contributed by atoms with Crippen molar-refractivity contribution in [3.8, 4) is 0 Å². The molecule has 3 heterocycles. The summed E-state index contributed by atoms with van der Waals surface area (Å²) < 4.78 is 0. The Kier molecular flexibility index (Phi) is 3.14. The van der Waals surface area contributed by atoms with Crippen LogP contribution in [0.3, 0.4) is 0 Å². The Morgan fingerprint density at radius 1 is 1.33 bits per heavy atom. The molecule has 0 spiro atoms. The molecule has 2 aliphatic heterocycles. The summed E-state index contributed by atoms with van der Waals surface area (Å²) in [4.78, 5) is 18.9. The van der Waals surface area contributed by atoms with Crippen molar-refractivity contribution in [2.24, 2.45) is 0 Å². The van der Waals surface area contributed by atoms with Crippen molar-refractivity contribution in [3.63, 3.8) is 0 Å². The van der Waals surface area contributed by atoms with Crippen LogP contribution >= 0.6 is 11.3 Å². The highest BCUT2D eigenvalue weighted by molar-refractivity contribution is 7.13. The molecule has 0 aromatic carbocycles. The van der Waals surface area contributed by atoms with Crippen LogP contribution in [0.4, 0.5) is 5.13 Å². The summed E-state index contributed by atoms with van der Waals surface area (Å²) in [5.74, 6) is 0.933. The number of thiazole rings is 1. The molecule has 0 radical (unpaired) electrons. The van der Waals surface area contributed by atoms with Crippen LogP contribution in [0, 0.1) is 0 Å². The van der Waals surface area contributed by atoms with Crippen LogP contribution in [0.5, 0.6) is 0 Å². The van der Waals surface area contributed by atoms with E-state index in [9.17, 15) is 4.79 Å². The number of fused-ring (bicyclic) bond motifs is 2. The summed E-state index contributed by atoms with van der Waals surface area (Å²) in [6, 6.07) is 0.826. The second-order valence-electron chi connectivity index (χ2n) is 5.80. The fourth-order valence-electron chi connectivity index (χ4n) is 3.15. The third kappa shape index (κ3) is 2.07. The molecule has 2 bridgehead atoms. The van der Waals surface area contributed by atoms with E-state index >= 15 is 0 Å². The summed E-state index contributed by atoms with van der Waals surface area (Å²) in [7, 11) is 0. The highest BCUT2D eigenvalue weighted by Crippen LogP contribution is 2.38. The highest BCUT2D eigenvalue weighted by atomic mass is 32.1. The van der Waals surface area contributed by atoms with Crippen LogP contribution in [0.1, 0.15) is 57.6 Å². The number of nitrogens with zero attached hydrogens (tertiary/aromatic N) is 2. The topological polar surface area (TPSA) is 33.2 Å². The Bertz CT molecular complexity index is 438. The van der Waals surface area contributed by atoms with Crippen molar-refractivity contribution in [1.82, 2.24) is 4.98 Å². The average molecular weight is 264 g/mol. The number of ketones is 1. The number of aromatic nitrogens is 1. The lowest BCUT2D eigenvalue weighted by molar-refractivity contribution is -0.121. The highest BCUT2D eigenvalue weighted by Gasteiger charge is 2.38. The van der Waals surface area contributed by atoms with Crippen molar-refractivity contribution in [2.45, 2.75) is 64.0 Å². The third-order valence-corrected chi connectivity index (χ3v) is 4.98. The predicted octanol–water partition coefficient (Wildman–Crippen LogP) is 3.36. The maximum Gasteiger partial charge on any atom is 0.186 e. The standard InChI is InChI=1S/C14H20N2OS/c1-9(2)13-8-18-14(15-13)16-10-4-3-5-11(16)7-12(17)6-10/h8-11H,3-7H2,1-2H3. The van der Waals surface area contributed by atoms with Crippen LogP contribution in [0.15, 0.2) is 5.38 Å². The Labute approximate surface area is 112 Å². The van der Waals surface area contributed by atoms with Gasteiger partial charge >= 0.3 is 0 Å². The normalized spacial score (nSPS) is 27.9. The van der Waals surface area contributed by atoms with E-state index in [-0.39, 0.29) is 0 Å². The van der Waals surface area contributed by atoms with E-state index in [0.29, 0.717) is 23.8 Å². The number of hydrogen-bond acceptors (Lipinski definition) is 4. The first-order chi connectivity index (χ1) is 8.65. The summed E-state index contributed by atoms with van der Waals surface area (Å²) in [6.45, 7) is 4.36. The van der Waals surface area contributed by atoms with E-state index in [1.54, 1.807) is 11.3 Å². The first-order valence-electron chi connectivity index (χ1n) is 6.90. The molecule has 98 valence electrons. The van der Waals surface area contributed by atoms with Gasteiger partial charge in [0.1, 0.15) is 5.78 Å². The molecule has 1 aromatic rings. The first-order valence-corrected chi connectivity index (χ1v) is 7.78. The molecule has 2 atom stereocenters. The average Bonchev–Trinajstić information content (AvgIpc) is 2.76. The number of carbonyl (C=O) groups is 1. The van der Waals surface area contributed by atoms with Gasteiger partial charge in [-0.2, -0.15) is 0 Å². The van der Waals surface area contributed by atoms with Crippen molar-refractivity contribution in [1.29, 1.82) is 0 Å². The van der Waals surface area contributed by atoms with Gasteiger partial charge in [0.05, 0.1) is 5.69 Å². The SMILES string of the molecule is CC(C)c1csc(N2C3CCCC2CC(=O)C3)n1. The van der Waals surface area contributed by atoms with Gasteiger partial charge in [-0.15, -0.1) is 11.3 Å². The smallest absolute Gasteiger partial charge is 0.186 e. The molecule has 2 unspecified atom stereocenters. The Hall–Kier alpha value is -0.900. The van der Waals surface area contributed by atoms with E-state index in [1.807, 2.05) is 0 Å². The summed E-state index contributed by atoms with van der Waals surface area (Å²) in [5.41, 5.74) is 1.19. The Morgan fingerprint density at radius 2 is 2.00 bits per heavy atom. The monoisotopic (exact) mass is 264 g/mol. The van der Waals surface area contributed by atoms with Gasteiger partial charge < -0.3 is 4.90 Å². The van der Waals surface area contributed by atoms with Crippen molar-refractivity contribution >= 4 is 22.3 Å². The number of piperidine rings is 2. The Balaban J connectivity index is 1.88. The Morgan fingerprint density at radius 3 is 2.56 bits per heavy atom. The van der Waals surface area contributed by atoms with Gasteiger partial charge in [0.2, 0.25) is 0 Å². The number of carbonyl (C=O) groups excluding carboxylic acids is 1. The molecule has 0 amide bonds. The first kappa shape index (κ1) is 12.2. The lowest BCUT2D eigenvalue weighted by Crippen LogP contribution is -2.52. The zero-order valence-electron chi connectivity index (χ0n) is 11.1. The van der Waals surface area contributed by atoms with Crippen LogP contribution < -0.4 is 4.90 Å². The molecule has 1 aromatic heterocycles. The summed E-state index contributed by atoms with van der Waals surface area (Å²) >= 11 is 1.75. The van der Waals surface area contributed by atoms with Crippen molar-refractivity contribution in [3.05, 3.63) is 11.1 Å². The maximum atomic E-state index is 11.7. The molecule has 2 aliphatic rings. The number of Topliss-reactive ketones (excluding diaryl/α,β-unsaturated/α-hetero) is 1. The lowest BCUT2D eigenvalue weighted by atomic mass is 9.84. The van der Waals surface area contributed by atoms with Gasteiger partial charge in [-0.1, -0.05) is 13.8 Å². The number of rotatable bonds is 2. The summed E-state index contributed by atoms with van der Waals surface area (Å²) in [6.07, 6.45) is 5.03. The minimum atomic E-state index is 0.413. The van der Waals surface area contributed by atoms with Gasteiger partial charge in [0.25, 0.3) is 0 Å². The number of hydrogen-bond donors (Lipinski definition) is 0. The van der Waals surface area contributed by atoms with Gasteiger partial charge in [0, 0.05) is 30.3 Å². The molecular formula is C14H20N2OS. The lowest BCUT2D eigenvalue weighted by Gasteiger charge is -2.45. The molecule has 0 N–H and O–H groups in total. The van der Waals surface area contributed by atoms with E-state index in [1.165, 1.54) is 12.1 Å². The van der Waals surface area contributed by atoms with Crippen LogP contribution in [0.25, 0.3) is 0 Å². The predicted molar refractivity (Wildman–Crippen MR) is 74.4 cm³/mol. The van der Waals surface area contributed by atoms with Gasteiger partial charge in [-0.05, 0) is 25.2 Å². The van der Waals surface area contributed by atoms with E-state index in [2.05, 4.69) is 24.1 Å². The van der Waals surface area contributed by atoms with E-state index in [0.717, 1.165) is 30.8 Å². The largest absolute Gasteiger partial charge is 0.341 e. The van der Waals surface area contributed by atoms with Crippen molar-refractivity contribution in [2.75, 3.05) is 4.90 Å². The van der Waals surface area contributed by atoms with Crippen LogP contribution in [-0.4, -0.2) is 22.9 Å². The zero-order valence-corrected chi connectivity index (χ0v) is 11.9. The minimum Gasteiger partial charge on any atom is -0.341 e. The van der Waals surface area contributed by atoms with Crippen LogP contribution in [0.2, 0.25) is 0 Å². The molecule has 18 heavy (non-hydrogen) atoms. The van der Waals surface area contributed by atoms with Crippen LogP contribution in [-0.2, 0) is 4.79 Å². The molecule has 0 saturated carbocycles. The fourth-order valence-corrected chi connectivity index (χ4v) is 4.28. The molecule has 2 fully saturated rings. The second kappa shape index (κ2) is 4.65. The van der Waals surface area contributed by atoms with Gasteiger partial charge in [-0.3, -0.25) is 4.79 Å². The number of anilines is 1. The molecule has 2 saturated heterocycles. The van der Waals surface area contributed by atoms with E-state index < -0.39 is 0 Å². The molecule has 3 nitrogen and oxygen atoms in total. The fraction of sp³-hybridized carbons (Fsp3) is 0.714. The maximum absolute atomic E-state index is 11.7. The molecule has 4 heteroatoms. The summed E-state index contributed by atoms with van der Waals surface area (Å²) in [5, 5.41) is 3.31.